The second-order valence-corrected chi connectivity index (χ2v) is 9.31. The Balaban J connectivity index is 1.41. The molecule has 1 unspecified atom stereocenters. The molecule has 0 bridgehead atoms. The van der Waals surface area contributed by atoms with Crippen molar-refractivity contribution in [3.63, 3.8) is 0 Å². The first-order valence-corrected chi connectivity index (χ1v) is 12.6. The highest BCUT2D eigenvalue weighted by atomic mass is 16.5. The van der Waals surface area contributed by atoms with Crippen LogP contribution < -0.4 is 14.8 Å². The van der Waals surface area contributed by atoms with Crippen LogP contribution in [0.15, 0.2) is 42.5 Å². The molecule has 2 aliphatic rings. The van der Waals surface area contributed by atoms with Gasteiger partial charge in [0.05, 0.1) is 39.2 Å². The van der Waals surface area contributed by atoms with E-state index in [1.807, 2.05) is 35.0 Å². The molecule has 1 N–H and O–H groups in total. The highest BCUT2D eigenvalue weighted by molar-refractivity contribution is 5.94. The first kappa shape index (κ1) is 24.3. The monoisotopic (exact) mass is 490 g/mol. The zero-order valence-electron chi connectivity index (χ0n) is 21.3. The van der Waals surface area contributed by atoms with Gasteiger partial charge >= 0.3 is 0 Å². The zero-order chi connectivity index (χ0) is 25.1. The molecule has 36 heavy (non-hydrogen) atoms. The Kier molecular flexibility index (Phi) is 7.25. The summed E-state index contributed by atoms with van der Waals surface area (Å²) in [5, 5.41) is 8.01. The van der Waals surface area contributed by atoms with Gasteiger partial charge in [-0.1, -0.05) is 24.3 Å². The summed E-state index contributed by atoms with van der Waals surface area (Å²) in [4.78, 5) is 15.8. The minimum atomic E-state index is -0.126. The number of aromatic nitrogens is 2. The number of amides is 1. The van der Waals surface area contributed by atoms with E-state index in [2.05, 4.69) is 29.3 Å². The Labute approximate surface area is 212 Å². The van der Waals surface area contributed by atoms with Crippen molar-refractivity contribution in [2.75, 3.05) is 47.1 Å². The fourth-order valence-electron chi connectivity index (χ4n) is 5.30. The predicted octanol–water partition coefficient (Wildman–Crippen LogP) is 3.49. The van der Waals surface area contributed by atoms with Crippen LogP contribution in [0.5, 0.6) is 11.5 Å². The fourth-order valence-corrected chi connectivity index (χ4v) is 5.30. The largest absolute Gasteiger partial charge is 0.493 e. The summed E-state index contributed by atoms with van der Waals surface area (Å²) in [6.07, 6.45) is 2.86. The van der Waals surface area contributed by atoms with Crippen molar-refractivity contribution >= 4 is 5.91 Å². The number of nitrogens with zero attached hydrogens (tertiary/aromatic N) is 3. The number of ether oxygens (including phenoxy) is 3. The third-order valence-electron chi connectivity index (χ3n) is 7.22. The molecule has 1 amide bonds. The number of hydrogen-bond donors (Lipinski definition) is 1. The molecule has 1 aliphatic heterocycles. The van der Waals surface area contributed by atoms with Crippen molar-refractivity contribution in [2.45, 2.75) is 32.2 Å². The summed E-state index contributed by atoms with van der Waals surface area (Å²) in [6.45, 7) is 5.48. The first-order chi connectivity index (χ1) is 17.6. The Hall–Kier alpha value is -3.36. The maximum absolute atomic E-state index is 13.5. The lowest BCUT2D eigenvalue weighted by molar-refractivity contribution is 0.0161. The average Bonchev–Trinajstić information content (AvgIpc) is 3.53. The van der Waals surface area contributed by atoms with Crippen LogP contribution in [-0.2, 0) is 17.6 Å². The number of rotatable bonds is 8. The van der Waals surface area contributed by atoms with Crippen LogP contribution in [0.2, 0.25) is 0 Å². The molecule has 2 heterocycles. The lowest BCUT2D eigenvalue weighted by atomic mass is 10.0. The number of hydrogen-bond acceptors (Lipinski definition) is 6. The molecule has 8 nitrogen and oxygen atoms in total. The van der Waals surface area contributed by atoms with Crippen LogP contribution in [0.1, 0.15) is 45.3 Å². The van der Waals surface area contributed by atoms with Crippen molar-refractivity contribution in [2.24, 2.45) is 0 Å². The van der Waals surface area contributed by atoms with Gasteiger partial charge in [0.15, 0.2) is 17.2 Å². The van der Waals surface area contributed by atoms with Crippen LogP contribution in [0.25, 0.3) is 5.69 Å². The standard InChI is InChI=1S/C28H34N4O4/c1-19-7-4-5-9-22(19)32-23-10-6-8-21(23)27(30-32)28(33)29-18-24(31-13-15-36-16-14-31)20-11-12-25(34-2)26(17-20)35-3/h4-5,7,9,11-12,17,24H,6,8,10,13-16,18H2,1-3H3,(H,29,33). The van der Waals surface area contributed by atoms with E-state index < -0.39 is 0 Å². The first-order valence-electron chi connectivity index (χ1n) is 12.6. The minimum absolute atomic E-state index is 0.0239. The normalized spacial score (nSPS) is 16.4. The van der Waals surface area contributed by atoms with Crippen molar-refractivity contribution in [1.82, 2.24) is 20.0 Å². The highest BCUT2D eigenvalue weighted by Gasteiger charge is 2.29. The predicted molar refractivity (Wildman–Crippen MR) is 137 cm³/mol. The molecule has 0 saturated carbocycles. The summed E-state index contributed by atoms with van der Waals surface area (Å²) in [6, 6.07) is 14.1. The summed E-state index contributed by atoms with van der Waals surface area (Å²) >= 11 is 0. The molecular formula is C28H34N4O4. The van der Waals surface area contributed by atoms with Gasteiger partial charge < -0.3 is 19.5 Å². The Morgan fingerprint density at radius 2 is 1.86 bits per heavy atom. The van der Waals surface area contributed by atoms with E-state index in [0.29, 0.717) is 37.0 Å². The van der Waals surface area contributed by atoms with Crippen molar-refractivity contribution in [3.8, 4) is 17.2 Å². The number of benzene rings is 2. The number of carbonyl (C=O) groups is 1. The second-order valence-electron chi connectivity index (χ2n) is 9.31. The molecular weight excluding hydrogens is 456 g/mol. The number of carbonyl (C=O) groups excluding carboxylic acids is 1. The lowest BCUT2D eigenvalue weighted by Crippen LogP contribution is -2.44. The molecule has 2 aromatic carbocycles. The Morgan fingerprint density at radius 3 is 2.61 bits per heavy atom. The van der Waals surface area contributed by atoms with Gasteiger partial charge in [-0.3, -0.25) is 9.69 Å². The smallest absolute Gasteiger partial charge is 0.272 e. The van der Waals surface area contributed by atoms with E-state index >= 15 is 0 Å². The van der Waals surface area contributed by atoms with Gasteiger partial charge in [-0.25, -0.2) is 4.68 Å². The summed E-state index contributed by atoms with van der Waals surface area (Å²) < 4.78 is 18.5. The molecule has 8 heteroatoms. The van der Waals surface area contributed by atoms with Crippen LogP contribution in [-0.4, -0.2) is 67.7 Å². The highest BCUT2D eigenvalue weighted by Crippen LogP contribution is 2.33. The van der Waals surface area contributed by atoms with Crippen molar-refractivity contribution in [3.05, 3.63) is 70.5 Å². The summed E-state index contributed by atoms with van der Waals surface area (Å²) in [5.74, 6) is 1.23. The minimum Gasteiger partial charge on any atom is -0.493 e. The molecule has 1 saturated heterocycles. The maximum Gasteiger partial charge on any atom is 0.272 e. The SMILES string of the molecule is COc1ccc(C(CNC(=O)c2nn(-c3ccccc3C)c3c2CCC3)N2CCOCC2)cc1OC. The van der Waals surface area contributed by atoms with Gasteiger partial charge in [0.2, 0.25) is 0 Å². The van der Waals surface area contributed by atoms with Crippen LogP contribution in [0.3, 0.4) is 0 Å². The van der Waals surface area contributed by atoms with Gasteiger partial charge in [-0.05, 0) is 55.5 Å². The quantitative estimate of drug-likeness (QED) is 0.521. The molecule has 0 spiro atoms. The van der Waals surface area contributed by atoms with E-state index in [9.17, 15) is 4.79 Å². The maximum atomic E-state index is 13.5. The Bertz CT molecular complexity index is 1230. The number of aryl methyl sites for hydroxylation is 1. The topological polar surface area (TPSA) is 77.9 Å². The number of fused-ring (bicyclic) bond motifs is 1. The number of methoxy groups -OCH3 is 2. The molecule has 5 rings (SSSR count). The van der Waals surface area contributed by atoms with Crippen LogP contribution in [0.4, 0.5) is 0 Å². The fraction of sp³-hybridized carbons (Fsp3) is 0.429. The molecule has 1 atom stereocenters. The van der Waals surface area contributed by atoms with E-state index in [1.165, 1.54) is 0 Å². The number of morpholine rings is 1. The second kappa shape index (κ2) is 10.7. The Morgan fingerprint density at radius 1 is 1.08 bits per heavy atom. The molecule has 190 valence electrons. The van der Waals surface area contributed by atoms with E-state index in [-0.39, 0.29) is 11.9 Å². The van der Waals surface area contributed by atoms with Gasteiger partial charge in [-0.15, -0.1) is 0 Å². The van der Waals surface area contributed by atoms with E-state index in [4.69, 9.17) is 19.3 Å². The van der Waals surface area contributed by atoms with Crippen molar-refractivity contribution < 1.29 is 19.0 Å². The molecule has 3 aromatic rings. The van der Waals surface area contributed by atoms with E-state index in [0.717, 1.165) is 60.4 Å². The van der Waals surface area contributed by atoms with Gasteiger partial charge in [0.25, 0.3) is 5.91 Å². The summed E-state index contributed by atoms with van der Waals surface area (Å²) in [7, 11) is 3.27. The van der Waals surface area contributed by atoms with Crippen LogP contribution >= 0.6 is 0 Å². The summed E-state index contributed by atoms with van der Waals surface area (Å²) in [5.41, 5.74) is 6.00. The zero-order valence-corrected chi connectivity index (χ0v) is 21.3. The third-order valence-corrected chi connectivity index (χ3v) is 7.22. The number of nitrogens with one attached hydrogen (secondary N) is 1. The van der Waals surface area contributed by atoms with Crippen LogP contribution in [0, 0.1) is 6.92 Å². The van der Waals surface area contributed by atoms with Gasteiger partial charge in [0.1, 0.15) is 0 Å². The molecule has 1 fully saturated rings. The molecule has 1 aliphatic carbocycles. The van der Waals surface area contributed by atoms with Crippen molar-refractivity contribution in [1.29, 1.82) is 0 Å². The average molecular weight is 491 g/mol. The molecule has 0 radical (unpaired) electrons. The van der Waals surface area contributed by atoms with Gasteiger partial charge in [0, 0.05) is 30.9 Å². The molecule has 1 aromatic heterocycles. The van der Waals surface area contributed by atoms with Gasteiger partial charge in [-0.2, -0.15) is 5.10 Å². The van der Waals surface area contributed by atoms with E-state index in [1.54, 1.807) is 14.2 Å². The number of para-hydroxylation sites is 1. The third kappa shape index (κ3) is 4.70. The lowest BCUT2D eigenvalue weighted by Gasteiger charge is -2.35.